The molecule has 34 heavy (non-hydrogen) atoms. The molecule has 1 N–H and O–H groups in total. The van der Waals surface area contributed by atoms with E-state index in [1.807, 2.05) is 83.4 Å². The predicted octanol–water partition coefficient (Wildman–Crippen LogP) is 4.19. The van der Waals surface area contributed by atoms with Gasteiger partial charge in [0.1, 0.15) is 11.5 Å². The molecule has 4 rings (SSSR count). The lowest BCUT2D eigenvalue weighted by Crippen LogP contribution is -2.20. The van der Waals surface area contributed by atoms with E-state index in [4.69, 9.17) is 9.47 Å². The van der Waals surface area contributed by atoms with Crippen molar-refractivity contribution in [3.8, 4) is 28.6 Å². The molecule has 4 aromatic rings. The average Bonchev–Trinajstić information content (AvgIpc) is 3.32. The highest BCUT2D eigenvalue weighted by Crippen LogP contribution is 2.29. The standard InChI is InChI=1S/C25H23N5O3S/c1-32-21-12-8-19(9-13-21)24-28-29-25(30(24)20-10-14-22(33-2)15-11-20)34-17-23(31)27-26-16-18-6-4-3-5-7-18/h3-16H,17H2,1-2H3,(H,27,31). The van der Waals surface area contributed by atoms with Crippen LogP contribution in [0.15, 0.2) is 89.1 Å². The van der Waals surface area contributed by atoms with Gasteiger partial charge in [-0.15, -0.1) is 10.2 Å². The first-order valence-corrected chi connectivity index (χ1v) is 11.4. The lowest BCUT2D eigenvalue weighted by atomic mass is 10.2. The molecule has 0 radical (unpaired) electrons. The van der Waals surface area contributed by atoms with Gasteiger partial charge in [0.2, 0.25) is 0 Å². The number of carbonyl (C=O) groups is 1. The number of amides is 1. The van der Waals surface area contributed by atoms with Crippen LogP contribution in [-0.4, -0.2) is 46.9 Å². The van der Waals surface area contributed by atoms with E-state index in [0.29, 0.717) is 11.0 Å². The number of hydrazone groups is 1. The molecule has 0 spiro atoms. The van der Waals surface area contributed by atoms with Gasteiger partial charge in [0, 0.05) is 11.3 Å². The summed E-state index contributed by atoms with van der Waals surface area (Å²) in [5.74, 6) is 2.03. The zero-order chi connectivity index (χ0) is 23.8. The molecule has 1 aromatic heterocycles. The van der Waals surface area contributed by atoms with E-state index in [1.165, 1.54) is 11.8 Å². The fourth-order valence-corrected chi connectivity index (χ4v) is 3.88. The number of hydrogen-bond acceptors (Lipinski definition) is 7. The Kier molecular flexibility index (Phi) is 7.56. The molecule has 1 heterocycles. The van der Waals surface area contributed by atoms with Crippen LogP contribution in [0.3, 0.4) is 0 Å². The molecule has 0 saturated heterocycles. The van der Waals surface area contributed by atoms with Crippen molar-refractivity contribution in [2.24, 2.45) is 5.10 Å². The maximum Gasteiger partial charge on any atom is 0.250 e. The fraction of sp³-hybridized carbons (Fsp3) is 0.120. The summed E-state index contributed by atoms with van der Waals surface area (Å²) in [4.78, 5) is 12.4. The number of nitrogens with zero attached hydrogens (tertiary/aromatic N) is 4. The number of benzene rings is 3. The maximum absolute atomic E-state index is 12.4. The maximum atomic E-state index is 12.4. The fourth-order valence-electron chi connectivity index (χ4n) is 3.13. The Bertz CT molecular complexity index is 1260. The molecule has 0 unspecified atom stereocenters. The molecular weight excluding hydrogens is 450 g/mol. The van der Waals surface area contributed by atoms with Gasteiger partial charge in [-0.1, -0.05) is 42.1 Å². The predicted molar refractivity (Wildman–Crippen MR) is 133 cm³/mol. The van der Waals surface area contributed by atoms with Crippen molar-refractivity contribution in [3.63, 3.8) is 0 Å². The van der Waals surface area contributed by atoms with E-state index in [0.717, 1.165) is 28.3 Å². The lowest BCUT2D eigenvalue weighted by molar-refractivity contribution is -0.118. The number of methoxy groups -OCH3 is 2. The highest BCUT2D eigenvalue weighted by molar-refractivity contribution is 7.99. The monoisotopic (exact) mass is 473 g/mol. The Morgan fingerprint density at radius 1 is 0.941 bits per heavy atom. The van der Waals surface area contributed by atoms with Crippen molar-refractivity contribution in [1.82, 2.24) is 20.2 Å². The smallest absolute Gasteiger partial charge is 0.250 e. The number of ether oxygens (including phenoxy) is 2. The topological polar surface area (TPSA) is 90.6 Å². The summed E-state index contributed by atoms with van der Waals surface area (Å²) in [6, 6.07) is 24.7. The summed E-state index contributed by atoms with van der Waals surface area (Å²) in [5.41, 5.74) is 5.17. The Balaban J connectivity index is 1.54. The van der Waals surface area contributed by atoms with Crippen molar-refractivity contribution in [1.29, 1.82) is 0 Å². The Hall–Kier alpha value is -4.11. The van der Waals surface area contributed by atoms with Crippen LogP contribution in [-0.2, 0) is 4.79 Å². The van der Waals surface area contributed by atoms with Crippen molar-refractivity contribution in [2.75, 3.05) is 20.0 Å². The van der Waals surface area contributed by atoms with Crippen LogP contribution in [0.2, 0.25) is 0 Å². The third kappa shape index (κ3) is 5.62. The Morgan fingerprint density at radius 2 is 1.59 bits per heavy atom. The number of aromatic nitrogens is 3. The SMILES string of the molecule is COc1ccc(-c2nnc(SCC(=O)NN=Cc3ccccc3)n2-c2ccc(OC)cc2)cc1. The van der Waals surface area contributed by atoms with Crippen LogP contribution in [0.5, 0.6) is 11.5 Å². The third-order valence-electron chi connectivity index (χ3n) is 4.85. The van der Waals surface area contributed by atoms with Crippen LogP contribution >= 0.6 is 11.8 Å². The number of hydrogen-bond donors (Lipinski definition) is 1. The normalized spacial score (nSPS) is 10.9. The minimum Gasteiger partial charge on any atom is -0.497 e. The van der Waals surface area contributed by atoms with Crippen LogP contribution in [0.1, 0.15) is 5.56 Å². The van der Waals surface area contributed by atoms with Crippen molar-refractivity contribution >= 4 is 23.9 Å². The van der Waals surface area contributed by atoms with Crippen molar-refractivity contribution in [2.45, 2.75) is 5.16 Å². The molecule has 172 valence electrons. The lowest BCUT2D eigenvalue weighted by Gasteiger charge is -2.11. The third-order valence-corrected chi connectivity index (χ3v) is 5.78. The van der Waals surface area contributed by atoms with Gasteiger partial charge in [0.15, 0.2) is 11.0 Å². The first-order chi connectivity index (χ1) is 16.7. The largest absolute Gasteiger partial charge is 0.497 e. The molecule has 0 fully saturated rings. The molecule has 0 aliphatic heterocycles. The highest BCUT2D eigenvalue weighted by atomic mass is 32.2. The van der Waals surface area contributed by atoms with E-state index in [9.17, 15) is 4.79 Å². The molecule has 0 saturated carbocycles. The summed E-state index contributed by atoms with van der Waals surface area (Å²) in [6.45, 7) is 0. The number of carbonyl (C=O) groups excluding carboxylic acids is 1. The van der Waals surface area contributed by atoms with Gasteiger partial charge < -0.3 is 9.47 Å². The van der Waals surface area contributed by atoms with Gasteiger partial charge in [-0.25, -0.2) is 5.43 Å². The van der Waals surface area contributed by atoms with Crippen molar-refractivity contribution in [3.05, 3.63) is 84.4 Å². The van der Waals surface area contributed by atoms with E-state index in [2.05, 4.69) is 20.7 Å². The van der Waals surface area contributed by atoms with E-state index in [1.54, 1.807) is 20.4 Å². The number of rotatable bonds is 9. The minimum absolute atomic E-state index is 0.128. The van der Waals surface area contributed by atoms with Gasteiger partial charge in [0.25, 0.3) is 5.91 Å². The summed E-state index contributed by atoms with van der Waals surface area (Å²) in [7, 11) is 3.25. The zero-order valence-corrected chi connectivity index (χ0v) is 19.5. The highest BCUT2D eigenvalue weighted by Gasteiger charge is 2.17. The van der Waals surface area contributed by atoms with Gasteiger partial charge in [-0.2, -0.15) is 5.10 Å². The number of thioether (sulfide) groups is 1. The van der Waals surface area contributed by atoms with Gasteiger partial charge in [-0.05, 0) is 54.1 Å². The average molecular weight is 474 g/mol. The van der Waals surface area contributed by atoms with Crippen LogP contribution in [0.25, 0.3) is 17.1 Å². The zero-order valence-electron chi connectivity index (χ0n) is 18.7. The molecule has 0 aliphatic rings. The first kappa shape index (κ1) is 23.1. The van der Waals surface area contributed by atoms with Crippen LogP contribution in [0, 0.1) is 0 Å². The van der Waals surface area contributed by atoms with E-state index >= 15 is 0 Å². The molecule has 1 amide bonds. The summed E-state index contributed by atoms with van der Waals surface area (Å²) in [6.07, 6.45) is 1.60. The number of nitrogens with one attached hydrogen (secondary N) is 1. The second-order valence-corrected chi connectivity index (χ2v) is 8.00. The molecule has 9 heteroatoms. The second kappa shape index (κ2) is 11.2. The minimum atomic E-state index is -0.243. The Labute approximate surface area is 201 Å². The summed E-state index contributed by atoms with van der Waals surface area (Å²) < 4.78 is 12.4. The van der Waals surface area contributed by atoms with Crippen molar-refractivity contribution < 1.29 is 14.3 Å². The summed E-state index contributed by atoms with van der Waals surface area (Å²) in [5, 5.41) is 13.3. The van der Waals surface area contributed by atoms with Crippen LogP contribution in [0.4, 0.5) is 0 Å². The molecule has 0 atom stereocenters. The first-order valence-electron chi connectivity index (χ1n) is 10.4. The van der Waals surface area contributed by atoms with E-state index < -0.39 is 0 Å². The molecule has 0 bridgehead atoms. The molecular formula is C25H23N5O3S. The second-order valence-electron chi connectivity index (χ2n) is 7.06. The van der Waals surface area contributed by atoms with E-state index in [-0.39, 0.29) is 11.7 Å². The molecule has 0 aliphatic carbocycles. The van der Waals surface area contributed by atoms with Crippen LogP contribution < -0.4 is 14.9 Å². The molecule has 8 nitrogen and oxygen atoms in total. The Morgan fingerprint density at radius 3 is 2.24 bits per heavy atom. The van der Waals surface area contributed by atoms with Gasteiger partial charge in [0.05, 0.1) is 26.2 Å². The van der Waals surface area contributed by atoms with Gasteiger partial charge in [-0.3, -0.25) is 9.36 Å². The quantitative estimate of drug-likeness (QED) is 0.223. The van der Waals surface area contributed by atoms with Gasteiger partial charge >= 0.3 is 0 Å². The molecule has 3 aromatic carbocycles. The summed E-state index contributed by atoms with van der Waals surface area (Å²) >= 11 is 1.28.